The molecule has 2 aromatic carbocycles. The molecule has 3 rings (SSSR count). The molecular weight excluding hydrogens is 373 g/mol. The van der Waals surface area contributed by atoms with E-state index in [4.69, 9.17) is 11.6 Å². The molecule has 0 bridgehead atoms. The quantitative estimate of drug-likeness (QED) is 0.799. The van der Waals surface area contributed by atoms with Gasteiger partial charge in [0.2, 0.25) is 5.91 Å². The highest BCUT2D eigenvalue weighted by Crippen LogP contribution is 2.21. The standard InChI is InChI=1S/C19H17ClFN3O3/c1-23(11-14-15(20)3-2-4-16(14)21)18(26)13-7-5-12(6-8-13)10-24-17(25)9-22-19(24)27/h2-8H,9-11H2,1H3,(H,22,27). The lowest BCUT2D eigenvalue weighted by Gasteiger charge is -2.19. The zero-order chi connectivity index (χ0) is 19.6. The van der Waals surface area contributed by atoms with Crippen LogP contribution < -0.4 is 5.32 Å². The number of urea groups is 1. The monoisotopic (exact) mass is 389 g/mol. The predicted octanol–water partition coefficient (Wildman–Crippen LogP) is 2.80. The van der Waals surface area contributed by atoms with E-state index in [0.29, 0.717) is 5.56 Å². The van der Waals surface area contributed by atoms with E-state index in [1.807, 2.05) is 0 Å². The zero-order valence-corrected chi connectivity index (χ0v) is 15.3. The van der Waals surface area contributed by atoms with Gasteiger partial charge >= 0.3 is 6.03 Å². The molecule has 1 saturated heterocycles. The van der Waals surface area contributed by atoms with Gasteiger partial charge in [-0.3, -0.25) is 14.5 Å². The molecule has 2 aromatic rings. The number of nitrogens with zero attached hydrogens (tertiary/aromatic N) is 2. The van der Waals surface area contributed by atoms with Crippen LogP contribution in [0.3, 0.4) is 0 Å². The third-order valence-corrected chi connectivity index (χ3v) is 4.64. The van der Waals surface area contributed by atoms with Crippen LogP contribution in [0.25, 0.3) is 0 Å². The van der Waals surface area contributed by atoms with Gasteiger partial charge < -0.3 is 10.2 Å². The fourth-order valence-corrected chi connectivity index (χ4v) is 2.99. The lowest BCUT2D eigenvalue weighted by atomic mass is 10.1. The molecule has 0 saturated carbocycles. The average molecular weight is 390 g/mol. The summed E-state index contributed by atoms with van der Waals surface area (Å²) < 4.78 is 13.9. The largest absolute Gasteiger partial charge is 0.337 e. The minimum Gasteiger partial charge on any atom is -0.337 e. The minimum atomic E-state index is -0.467. The van der Waals surface area contributed by atoms with Gasteiger partial charge in [-0.15, -0.1) is 0 Å². The maximum Gasteiger partial charge on any atom is 0.324 e. The Bertz CT molecular complexity index is 865. The molecule has 1 aliphatic heterocycles. The molecule has 0 atom stereocenters. The van der Waals surface area contributed by atoms with Crippen molar-refractivity contribution in [1.82, 2.24) is 15.1 Å². The number of rotatable bonds is 5. The van der Waals surface area contributed by atoms with Gasteiger partial charge in [-0.2, -0.15) is 0 Å². The molecule has 27 heavy (non-hydrogen) atoms. The Morgan fingerprint density at radius 3 is 2.52 bits per heavy atom. The number of benzene rings is 2. The highest BCUT2D eigenvalue weighted by Gasteiger charge is 2.28. The van der Waals surface area contributed by atoms with E-state index in [9.17, 15) is 18.8 Å². The van der Waals surface area contributed by atoms with E-state index < -0.39 is 11.8 Å². The van der Waals surface area contributed by atoms with Crippen molar-refractivity contribution in [2.75, 3.05) is 13.6 Å². The van der Waals surface area contributed by atoms with Crippen molar-refractivity contribution in [3.63, 3.8) is 0 Å². The van der Waals surface area contributed by atoms with Crippen molar-refractivity contribution in [2.45, 2.75) is 13.1 Å². The first-order chi connectivity index (χ1) is 12.9. The summed E-state index contributed by atoms with van der Waals surface area (Å²) in [6, 6.07) is 10.5. The van der Waals surface area contributed by atoms with Crippen molar-refractivity contribution in [1.29, 1.82) is 0 Å². The van der Waals surface area contributed by atoms with Crippen molar-refractivity contribution in [3.8, 4) is 0 Å². The van der Waals surface area contributed by atoms with Crippen LogP contribution in [-0.4, -0.2) is 41.2 Å². The first-order valence-electron chi connectivity index (χ1n) is 8.22. The summed E-state index contributed by atoms with van der Waals surface area (Å²) in [7, 11) is 1.56. The van der Waals surface area contributed by atoms with Gasteiger partial charge in [0.1, 0.15) is 5.82 Å². The predicted molar refractivity (Wildman–Crippen MR) is 97.6 cm³/mol. The fourth-order valence-electron chi connectivity index (χ4n) is 2.76. The Kier molecular flexibility index (Phi) is 5.41. The van der Waals surface area contributed by atoms with Crippen LogP contribution in [0.5, 0.6) is 0 Å². The van der Waals surface area contributed by atoms with Crippen LogP contribution in [0.4, 0.5) is 9.18 Å². The third kappa shape index (κ3) is 4.09. The fraction of sp³-hybridized carbons (Fsp3) is 0.211. The molecule has 0 spiro atoms. The summed E-state index contributed by atoms with van der Waals surface area (Å²) in [6.45, 7) is 0.174. The molecule has 1 heterocycles. The molecule has 140 valence electrons. The third-order valence-electron chi connectivity index (χ3n) is 4.28. The summed E-state index contributed by atoms with van der Waals surface area (Å²) >= 11 is 6.01. The smallest absolute Gasteiger partial charge is 0.324 e. The second kappa shape index (κ2) is 7.75. The summed E-state index contributed by atoms with van der Waals surface area (Å²) in [6.07, 6.45) is 0. The van der Waals surface area contributed by atoms with Crippen molar-refractivity contribution in [3.05, 3.63) is 70.0 Å². The normalized spacial score (nSPS) is 13.7. The maximum absolute atomic E-state index is 13.9. The van der Waals surface area contributed by atoms with Crippen LogP contribution in [0.15, 0.2) is 42.5 Å². The molecule has 1 fully saturated rings. The molecule has 1 N–H and O–H groups in total. The van der Waals surface area contributed by atoms with Gasteiger partial charge in [0, 0.05) is 29.7 Å². The molecule has 4 amide bonds. The number of carbonyl (C=O) groups excluding carboxylic acids is 3. The van der Waals surface area contributed by atoms with Crippen LogP contribution in [0.1, 0.15) is 21.5 Å². The number of imide groups is 1. The average Bonchev–Trinajstić information content (AvgIpc) is 2.96. The molecule has 0 aromatic heterocycles. The minimum absolute atomic E-state index is 0.00119. The van der Waals surface area contributed by atoms with Gasteiger partial charge in [-0.05, 0) is 29.8 Å². The topological polar surface area (TPSA) is 69.7 Å². The molecule has 1 aliphatic rings. The number of hydrogen-bond acceptors (Lipinski definition) is 3. The maximum atomic E-state index is 13.9. The van der Waals surface area contributed by atoms with Crippen LogP contribution in [0.2, 0.25) is 5.02 Å². The zero-order valence-electron chi connectivity index (χ0n) is 14.5. The van der Waals surface area contributed by atoms with Gasteiger partial charge in [-0.25, -0.2) is 9.18 Å². The number of nitrogens with one attached hydrogen (secondary N) is 1. The number of halogens is 2. The first kappa shape index (κ1) is 18.8. The van der Waals surface area contributed by atoms with Gasteiger partial charge in [0.05, 0.1) is 13.1 Å². The first-order valence-corrected chi connectivity index (χ1v) is 8.60. The Morgan fingerprint density at radius 1 is 1.22 bits per heavy atom. The Hall–Kier alpha value is -2.93. The van der Waals surface area contributed by atoms with E-state index >= 15 is 0 Å². The van der Waals surface area contributed by atoms with E-state index in [1.54, 1.807) is 37.4 Å². The number of hydrogen-bond donors (Lipinski definition) is 1. The molecule has 6 nitrogen and oxygen atoms in total. The van der Waals surface area contributed by atoms with Crippen molar-refractivity contribution < 1.29 is 18.8 Å². The summed E-state index contributed by atoms with van der Waals surface area (Å²) in [4.78, 5) is 38.2. The highest BCUT2D eigenvalue weighted by molar-refractivity contribution is 6.31. The van der Waals surface area contributed by atoms with Crippen LogP contribution in [0, 0.1) is 5.82 Å². The summed E-state index contributed by atoms with van der Waals surface area (Å²) in [5.41, 5.74) is 1.38. The van der Waals surface area contributed by atoms with Crippen LogP contribution >= 0.6 is 11.6 Å². The summed E-state index contributed by atoms with van der Waals surface area (Å²) in [5, 5.41) is 2.71. The lowest BCUT2D eigenvalue weighted by Crippen LogP contribution is -2.30. The highest BCUT2D eigenvalue weighted by atomic mass is 35.5. The SMILES string of the molecule is CN(Cc1c(F)cccc1Cl)C(=O)c1ccc(CN2C(=O)CNC2=O)cc1. The van der Waals surface area contributed by atoms with E-state index in [1.165, 1.54) is 17.0 Å². The second-order valence-electron chi connectivity index (χ2n) is 6.20. The van der Waals surface area contributed by atoms with E-state index in [2.05, 4.69) is 5.32 Å². The summed E-state index contributed by atoms with van der Waals surface area (Å²) in [5.74, 6) is -1.05. The Balaban J connectivity index is 1.68. The van der Waals surface area contributed by atoms with Gasteiger partial charge in [-0.1, -0.05) is 29.8 Å². The number of amides is 4. The van der Waals surface area contributed by atoms with E-state index in [-0.39, 0.29) is 42.0 Å². The van der Waals surface area contributed by atoms with Gasteiger partial charge in [0.15, 0.2) is 0 Å². The van der Waals surface area contributed by atoms with Gasteiger partial charge in [0.25, 0.3) is 5.91 Å². The Labute approximate surface area is 160 Å². The number of carbonyl (C=O) groups is 3. The Morgan fingerprint density at radius 2 is 1.93 bits per heavy atom. The molecule has 0 aliphatic carbocycles. The van der Waals surface area contributed by atoms with Crippen molar-refractivity contribution >= 4 is 29.4 Å². The van der Waals surface area contributed by atoms with Crippen molar-refractivity contribution in [2.24, 2.45) is 0 Å². The van der Waals surface area contributed by atoms with Crippen LogP contribution in [-0.2, 0) is 17.9 Å². The molecule has 0 unspecified atom stereocenters. The molecular formula is C19H17ClFN3O3. The second-order valence-corrected chi connectivity index (χ2v) is 6.60. The molecule has 8 heteroatoms. The molecule has 0 radical (unpaired) electrons. The lowest BCUT2D eigenvalue weighted by molar-refractivity contribution is -0.125. The van der Waals surface area contributed by atoms with E-state index in [0.717, 1.165) is 10.5 Å².